The van der Waals surface area contributed by atoms with Crippen molar-refractivity contribution >= 4 is 23.5 Å². The lowest BCUT2D eigenvalue weighted by molar-refractivity contribution is 0.250. The molecular weight excluding hydrogens is 282 g/mol. The number of thioether (sulfide) groups is 1. The lowest BCUT2D eigenvalue weighted by Gasteiger charge is -2.29. The fourth-order valence-electron chi connectivity index (χ4n) is 2.15. The van der Waals surface area contributed by atoms with Crippen LogP contribution in [0.2, 0.25) is 0 Å². The summed E-state index contributed by atoms with van der Waals surface area (Å²) in [6.45, 7) is 6.93. The maximum atomic E-state index is 12.0. The normalized spacial score (nSPS) is 12.8. The highest BCUT2D eigenvalue weighted by atomic mass is 32.2. The SMILES string of the molecule is CCC(CC)(CNC(=O)Nc1ccc(C(C)N)cc1)SC. The van der Waals surface area contributed by atoms with Crippen LogP contribution in [0, 0.1) is 0 Å². The molecular formula is C16H27N3OS. The molecule has 0 aromatic heterocycles. The number of hydrogen-bond acceptors (Lipinski definition) is 3. The van der Waals surface area contributed by atoms with Crippen LogP contribution >= 0.6 is 11.8 Å². The zero-order chi connectivity index (χ0) is 15.9. The summed E-state index contributed by atoms with van der Waals surface area (Å²) in [4.78, 5) is 12.0. The monoisotopic (exact) mass is 309 g/mol. The molecule has 0 heterocycles. The third-order valence-corrected chi connectivity index (χ3v) is 5.57. The second-order valence-electron chi connectivity index (χ2n) is 5.31. The standard InChI is InChI=1S/C16H27N3OS/c1-5-16(6-2,21-4)11-18-15(20)19-14-9-7-13(8-10-14)12(3)17/h7-10,12H,5-6,11,17H2,1-4H3,(H2,18,19,20). The average molecular weight is 309 g/mol. The number of nitrogens with two attached hydrogens (primary N) is 1. The van der Waals surface area contributed by atoms with Gasteiger partial charge in [0.2, 0.25) is 0 Å². The van der Waals surface area contributed by atoms with E-state index in [1.807, 2.05) is 43.0 Å². The summed E-state index contributed by atoms with van der Waals surface area (Å²) in [7, 11) is 0. The Kier molecular flexibility index (Phi) is 7.05. The molecule has 4 nitrogen and oxygen atoms in total. The second-order valence-corrected chi connectivity index (χ2v) is 6.59. The molecule has 1 rings (SSSR count). The van der Waals surface area contributed by atoms with Crippen LogP contribution in [0.4, 0.5) is 10.5 Å². The van der Waals surface area contributed by atoms with Gasteiger partial charge >= 0.3 is 6.03 Å². The predicted molar refractivity (Wildman–Crippen MR) is 92.9 cm³/mol. The lowest BCUT2D eigenvalue weighted by Crippen LogP contribution is -2.41. The van der Waals surface area contributed by atoms with Crippen LogP contribution in [0.15, 0.2) is 24.3 Å². The van der Waals surface area contributed by atoms with Crippen LogP contribution in [-0.2, 0) is 0 Å². The molecule has 1 aromatic rings. The highest BCUT2D eigenvalue weighted by Gasteiger charge is 2.25. The Morgan fingerprint density at radius 2 is 1.86 bits per heavy atom. The van der Waals surface area contributed by atoms with Gasteiger partial charge in [-0.15, -0.1) is 0 Å². The molecule has 1 unspecified atom stereocenters. The minimum atomic E-state index is -0.163. The van der Waals surface area contributed by atoms with Gasteiger partial charge < -0.3 is 16.4 Å². The van der Waals surface area contributed by atoms with Crippen LogP contribution in [0.5, 0.6) is 0 Å². The molecule has 0 radical (unpaired) electrons. The number of rotatable bonds is 7. The van der Waals surface area contributed by atoms with Crippen molar-refractivity contribution in [3.63, 3.8) is 0 Å². The second kappa shape index (κ2) is 8.29. The number of nitrogens with one attached hydrogen (secondary N) is 2. The molecule has 1 aromatic carbocycles. The largest absolute Gasteiger partial charge is 0.336 e. The van der Waals surface area contributed by atoms with E-state index in [4.69, 9.17) is 5.73 Å². The van der Waals surface area contributed by atoms with Crippen LogP contribution in [0.1, 0.15) is 45.2 Å². The molecule has 0 bridgehead atoms. The minimum Gasteiger partial charge on any atom is -0.336 e. The van der Waals surface area contributed by atoms with E-state index in [1.165, 1.54) is 0 Å². The molecule has 0 aliphatic rings. The first kappa shape index (κ1) is 17.9. The third kappa shape index (κ3) is 5.25. The zero-order valence-corrected chi connectivity index (χ0v) is 14.2. The molecule has 0 aliphatic carbocycles. The molecule has 2 amide bonds. The van der Waals surface area contributed by atoms with E-state index in [0.29, 0.717) is 6.54 Å². The van der Waals surface area contributed by atoms with Gasteiger partial charge in [0.15, 0.2) is 0 Å². The van der Waals surface area contributed by atoms with E-state index in [1.54, 1.807) is 0 Å². The van der Waals surface area contributed by atoms with Crippen molar-refractivity contribution in [2.24, 2.45) is 5.73 Å². The van der Waals surface area contributed by atoms with Crippen LogP contribution < -0.4 is 16.4 Å². The fraction of sp³-hybridized carbons (Fsp3) is 0.562. The average Bonchev–Trinajstić information content (AvgIpc) is 2.50. The van der Waals surface area contributed by atoms with Gasteiger partial charge in [-0.2, -0.15) is 11.8 Å². The number of benzene rings is 1. The van der Waals surface area contributed by atoms with Crippen molar-refractivity contribution in [3.8, 4) is 0 Å². The molecule has 0 saturated carbocycles. The topological polar surface area (TPSA) is 67.2 Å². The van der Waals surface area contributed by atoms with Crippen molar-refractivity contribution in [1.82, 2.24) is 5.32 Å². The van der Waals surface area contributed by atoms with E-state index in [9.17, 15) is 4.79 Å². The van der Waals surface area contributed by atoms with Gasteiger partial charge in [0.1, 0.15) is 0 Å². The highest BCUT2D eigenvalue weighted by Crippen LogP contribution is 2.29. The first-order valence-corrected chi connectivity index (χ1v) is 8.64. The van der Waals surface area contributed by atoms with E-state index in [0.717, 1.165) is 24.1 Å². The summed E-state index contributed by atoms with van der Waals surface area (Å²) in [5, 5.41) is 5.82. The quantitative estimate of drug-likeness (QED) is 0.718. The number of urea groups is 1. The molecule has 21 heavy (non-hydrogen) atoms. The molecule has 4 N–H and O–H groups in total. The van der Waals surface area contributed by atoms with Gasteiger partial charge in [-0.05, 0) is 43.7 Å². The molecule has 1 atom stereocenters. The van der Waals surface area contributed by atoms with Gasteiger partial charge in [-0.1, -0.05) is 26.0 Å². The molecule has 5 heteroatoms. The van der Waals surface area contributed by atoms with Gasteiger partial charge in [0.25, 0.3) is 0 Å². The Balaban J connectivity index is 2.54. The van der Waals surface area contributed by atoms with E-state index >= 15 is 0 Å². The Morgan fingerprint density at radius 3 is 2.29 bits per heavy atom. The number of carbonyl (C=O) groups excluding carboxylic acids is 1. The first-order chi connectivity index (χ1) is 9.96. The number of hydrogen-bond donors (Lipinski definition) is 3. The zero-order valence-electron chi connectivity index (χ0n) is 13.4. The van der Waals surface area contributed by atoms with Gasteiger partial charge in [0, 0.05) is 23.0 Å². The molecule has 118 valence electrons. The summed E-state index contributed by atoms with van der Waals surface area (Å²) in [6.07, 6.45) is 4.17. The van der Waals surface area contributed by atoms with Crippen molar-refractivity contribution < 1.29 is 4.79 Å². The van der Waals surface area contributed by atoms with Crippen LogP contribution in [0.25, 0.3) is 0 Å². The smallest absolute Gasteiger partial charge is 0.319 e. The number of anilines is 1. The Hall–Kier alpha value is -1.20. The third-order valence-electron chi connectivity index (χ3n) is 3.99. The Morgan fingerprint density at radius 1 is 1.29 bits per heavy atom. The van der Waals surface area contributed by atoms with Crippen LogP contribution in [-0.4, -0.2) is 23.6 Å². The van der Waals surface area contributed by atoms with E-state index < -0.39 is 0 Å². The summed E-state index contributed by atoms with van der Waals surface area (Å²) >= 11 is 1.81. The summed E-state index contributed by atoms with van der Waals surface area (Å²) in [5.41, 5.74) is 7.64. The predicted octanol–water partition coefficient (Wildman–Crippen LogP) is 3.75. The maximum Gasteiger partial charge on any atom is 0.319 e. The first-order valence-electron chi connectivity index (χ1n) is 7.42. The Labute approximate surface area is 132 Å². The fourth-order valence-corrected chi connectivity index (χ4v) is 2.94. The summed E-state index contributed by atoms with van der Waals surface area (Å²) < 4.78 is 0.121. The number of carbonyl (C=O) groups is 1. The molecule has 0 saturated heterocycles. The maximum absolute atomic E-state index is 12.0. The number of amides is 2. The molecule has 0 fully saturated rings. The van der Waals surface area contributed by atoms with Gasteiger partial charge in [-0.25, -0.2) is 4.79 Å². The van der Waals surface area contributed by atoms with Crippen LogP contribution in [0.3, 0.4) is 0 Å². The molecule has 0 aliphatic heterocycles. The summed E-state index contributed by atoms with van der Waals surface area (Å²) in [6, 6.07) is 7.46. The highest BCUT2D eigenvalue weighted by molar-refractivity contribution is 8.00. The van der Waals surface area contributed by atoms with E-state index in [2.05, 4.69) is 30.7 Å². The van der Waals surface area contributed by atoms with Crippen molar-refractivity contribution in [1.29, 1.82) is 0 Å². The van der Waals surface area contributed by atoms with Crippen molar-refractivity contribution in [3.05, 3.63) is 29.8 Å². The van der Waals surface area contributed by atoms with Crippen molar-refractivity contribution in [2.45, 2.75) is 44.4 Å². The van der Waals surface area contributed by atoms with Crippen molar-refractivity contribution in [2.75, 3.05) is 18.1 Å². The van der Waals surface area contributed by atoms with Gasteiger partial charge in [0.05, 0.1) is 0 Å². The van der Waals surface area contributed by atoms with E-state index in [-0.39, 0.29) is 16.8 Å². The lowest BCUT2D eigenvalue weighted by atomic mass is 10.0. The summed E-state index contributed by atoms with van der Waals surface area (Å²) in [5.74, 6) is 0. The Bertz CT molecular complexity index is 433. The van der Waals surface area contributed by atoms with Gasteiger partial charge in [-0.3, -0.25) is 0 Å². The molecule has 0 spiro atoms. The minimum absolute atomic E-state index is 0.00387.